The molecule has 0 aromatic carbocycles. The third kappa shape index (κ3) is 6.67. The minimum Gasteiger partial charge on any atom is -0.480 e. The Kier molecular flexibility index (Phi) is 7.44. The monoisotopic (exact) mass is 243 g/mol. The average Bonchev–Trinajstić information content (AvgIpc) is 2.14. The molecule has 0 aromatic heterocycles. The Hall–Kier alpha value is -0.570. The Morgan fingerprint density at radius 1 is 1.06 bits per heavy atom. The molecule has 0 bridgehead atoms. The van der Waals surface area contributed by atoms with Crippen molar-refractivity contribution in [3.63, 3.8) is 0 Å². The number of carbonyl (C=O) groups is 1. The molecule has 0 saturated heterocycles. The van der Waals surface area contributed by atoms with E-state index in [0.717, 1.165) is 6.54 Å². The van der Waals surface area contributed by atoms with Crippen LogP contribution in [0.3, 0.4) is 0 Å². The maximum Gasteiger partial charge on any atom is 0.320 e. The molecule has 0 aromatic rings. The third-order valence-corrected chi connectivity index (χ3v) is 3.32. The summed E-state index contributed by atoms with van der Waals surface area (Å²) in [4.78, 5) is 11.1. The van der Waals surface area contributed by atoms with Crippen LogP contribution in [0.1, 0.15) is 48.0 Å². The molecule has 0 aliphatic carbocycles. The molecule has 0 aliphatic heterocycles. The van der Waals surface area contributed by atoms with Gasteiger partial charge in [-0.15, -0.1) is 0 Å². The topological polar surface area (TPSA) is 49.3 Å². The fourth-order valence-corrected chi connectivity index (χ4v) is 2.26. The van der Waals surface area contributed by atoms with E-state index in [-0.39, 0.29) is 0 Å². The Bertz CT molecular complexity index is 216. The van der Waals surface area contributed by atoms with Gasteiger partial charge in [0.05, 0.1) is 0 Å². The summed E-state index contributed by atoms with van der Waals surface area (Å²) in [6.45, 7) is 13.7. The van der Waals surface area contributed by atoms with Crippen molar-refractivity contribution in [1.29, 1.82) is 0 Å². The second-order valence-corrected chi connectivity index (χ2v) is 6.08. The van der Waals surface area contributed by atoms with Crippen LogP contribution >= 0.6 is 0 Å². The van der Waals surface area contributed by atoms with E-state index in [1.54, 1.807) is 0 Å². The lowest BCUT2D eigenvalue weighted by Gasteiger charge is -2.27. The molecule has 2 N–H and O–H groups in total. The molecular weight excluding hydrogens is 214 g/mol. The zero-order valence-corrected chi connectivity index (χ0v) is 12.2. The van der Waals surface area contributed by atoms with Gasteiger partial charge in [0.15, 0.2) is 0 Å². The number of hydrogen-bond acceptors (Lipinski definition) is 2. The molecule has 1 unspecified atom stereocenters. The van der Waals surface area contributed by atoms with Crippen LogP contribution in [0, 0.1) is 23.7 Å². The standard InChI is InChI=1S/C14H29NO2/c1-9(2)7-13(14(16)17)15-8-12(10(3)4)11(5)6/h9-13,15H,7-8H2,1-6H3,(H,16,17). The van der Waals surface area contributed by atoms with Crippen LogP contribution in [0.2, 0.25) is 0 Å². The molecule has 0 fully saturated rings. The summed E-state index contributed by atoms with van der Waals surface area (Å²) in [6, 6.07) is -0.407. The summed E-state index contributed by atoms with van der Waals surface area (Å²) < 4.78 is 0. The summed E-state index contributed by atoms with van der Waals surface area (Å²) in [5.74, 6) is 1.36. The van der Waals surface area contributed by atoms with Gasteiger partial charge in [0.2, 0.25) is 0 Å². The molecule has 0 saturated carbocycles. The lowest BCUT2D eigenvalue weighted by atomic mass is 9.85. The highest BCUT2D eigenvalue weighted by Gasteiger charge is 2.22. The first-order chi connectivity index (χ1) is 7.75. The Labute approximate surface area is 106 Å². The zero-order chi connectivity index (χ0) is 13.6. The SMILES string of the molecule is CC(C)CC(NCC(C(C)C)C(C)C)C(=O)O. The molecule has 3 nitrogen and oxygen atoms in total. The van der Waals surface area contributed by atoms with Gasteiger partial charge in [-0.2, -0.15) is 0 Å². The molecule has 0 amide bonds. The van der Waals surface area contributed by atoms with E-state index in [9.17, 15) is 4.79 Å². The van der Waals surface area contributed by atoms with Gasteiger partial charge in [0.1, 0.15) is 6.04 Å². The first-order valence-electron chi connectivity index (χ1n) is 6.71. The predicted octanol–water partition coefficient (Wildman–Crippen LogP) is 3.00. The normalized spacial score (nSPS) is 14.0. The van der Waals surface area contributed by atoms with E-state index in [0.29, 0.717) is 30.1 Å². The number of aliphatic carboxylic acids is 1. The van der Waals surface area contributed by atoms with E-state index in [1.807, 2.05) is 0 Å². The fraction of sp³-hybridized carbons (Fsp3) is 0.929. The van der Waals surface area contributed by atoms with Crippen LogP contribution in [-0.2, 0) is 4.79 Å². The minimum absolute atomic E-state index is 0.403. The quantitative estimate of drug-likeness (QED) is 0.689. The minimum atomic E-state index is -0.732. The van der Waals surface area contributed by atoms with Crippen LogP contribution in [-0.4, -0.2) is 23.7 Å². The molecule has 3 heteroatoms. The van der Waals surface area contributed by atoms with Gasteiger partial charge in [-0.25, -0.2) is 0 Å². The van der Waals surface area contributed by atoms with Crippen LogP contribution in [0.5, 0.6) is 0 Å². The first-order valence-corrected chi connectivity index (χ1v) is 6.71. The average molecular weight is 243 g/mol. The van der Waals surface area contributed by atoms with E-state index < -0.39 is 12.0 Å². The number of carboxylic acids is 1. The van der Waals surface area contributed by atoms with Crippen molar-refractivity contribution < 1.29 is 9.90 Å². The van der Waals surface area contributed by atoms with Crippen molar-refractivity contribution in [2.75, 3.05) is 6.54 Å². The smallest absolute Gasteiger partial charge is 0.320 e. The molecular formula is C14H29NO2. The van der Waals surface area contributed by atoms with E-state index in [4.69, 9.17) is 5.11 Å². The Morgan fingerprint density at radius 2 is 1.53 bits per heavy atom. The second-order valence-electron chi connectivity index (χ2n) is 6.08. The highest BCUT2D eigenvalue weighted by Crippen LogP contribution is 2.20. The number of rotatable bonds is 8. The van der Waals surface area contributed by atoms with Gasteiger partial charge in [-0.3, -0.25) is 4.79 Å². The molecule has 0 rings (SSSR count). The molecule has 1 atom stereocenters. The zero-order valence-electron chi connectivity index (χ0n) is 12.2. The highest BCUT2D eigenvalue weighted by molar-refractivity contribution is 5.73. The van der Waals surface area contributed by atoms with E-state index >= 15 is 0 Å². The van der Waals surface area contributed by atoms with Gasteiger partial charge < -0.3 is 10.4 Å². The summed E-state index contributed by atoms with van der Waals surface area (Å²) in [7, 11) is 0. The second kappa shape index (κ2) is 7.70. The summed E-state index contributed by atoms with van der Waals surface area (Å²) in [5, 5.41) is 12.4. The Morgan fingerprint density at radius 3 is 1.82 bits per heavy atom. The van der Waals surface area contributed by atoms with Crippen molar-refractivity contribution in [2.45, 2.75) is 54.0 Å². The molecule has 0 heterocycles. The fourth-order valence-electron chi connectivity index (χ4n) is 2.26. The maximum absolute atomic E-state index is 11.1. The lowest BCUT2D eigenvalue weighted by molar-refractivity contribution is -0.140. The van der Waals surface area contributed by atoms with Crippen LogP contribution in [0.15, 0.2) is 0 Å². The summed E-state index contributed by atoms with van der Waals surface area (Å²) in [6.07, 6.45) is 0.693. The van der Waals surface area contributed by atoms with Gasteiger partial charge in [-0.1, -0.05) is 41.5 Å². The largest absolute Gasteiger partial charge is 0.480 e. The van der Waals surface area contributed by atoms with Crippen molar-refractivity contribution in [3.8, 4) is 0 Å². The van der Waals surface area contributed by atoms with Crippen molar-refractivity contribution in [1.82, 2.24) is 5.32 Å². The van der Waals surface area contributed by atoms with Gasteiger partial charge in [-0.05, 0) is 36.6 Å². The van der Waals surface area contributed by atoms with Crippen LogP contribution < -0.4 is 5.32 Å². The van der Waals surface area contributed by atoms with E-state index in [2.05, 4.69) is 46.9 Å². The van der Waals surface area contributed by atoms with E-state index in [1.165, 1.54) is 0 Å². The molecule has 17 heavy (non-hydrogen) atoms. The molecule has 0 radical (unpaired) electrons. The summed E-state index contributed by atoms with van der Waals surface area (Å²) >= 11 is 0. The first kappa shape index (κ1) is 16.4. The number of nitrogens with one attached hydrogen (secondary N) is 1. The molecule has 0 aliphatic rings. The van der Waals surface area contributed by atoms with Crippen molar-refractivity contribution in [2.24, 2.45) is 23.7 Å². The number of hydrogen-bond donors (Lipinski definition) is 2. The van der Waals surface area contributed by atoms with Crippen LogP contribution in [0.25, 0.3) is 0 Å². The van der Waals surface area contributed by atoms with Gasteiger partial charge in [0, 0.05) is 0 Å². The van der Waals surface area contributed by atoms with Crippen LogP contribution in [0.4, 0.5) is 0 Å². The predicted molar refractivity (Wildman–Crippen MR) is 72.0 cm³/mol. The van der Waals surface area contributed by atoms with Gasteiger partial charge >= 0.3 is 5.97 Å². The van der Waals surface area contributed by atoms with Crippen molar-refractivity contribution in [3.05, 3.63) is 0 Å². The van der Waals surface area contributed by atoms with Crippen molar-refractivity contribution >= 4 is 5.97 Å². The Balaban J connectivity index is 4.32. The maximum atomic E-state index is 11.1. The molecule has 102 valence electrons. The third-order valence-electron chi connectivity index (χ3n) is 3.32. The van der Waals surface area contributed by atoms with Gasteiger partial charge in [0.25, 0.3) is 0 Å². The molecule has 0 spiro atoms. The lowest BCUT2D eigenvalue weighted by Crippen LogP contribution is -2.42. The highest BCUT2D eigenvalue weighted by atomic mass is 16.4. The number of carboxylic acid groups (broad SMARTS) is 1. The summed E-state index contributed by atoms with van der Waals surface area (Å²) in [5.41, 5.74) is 0.